The molecule has 0 radical (unpaired) electrons. The molecule has 0 aliphatic heterocycles. The maximum absolute atomic E-state index is 10.7. The molecular formula is C4H10N2O4S. The molecule has 0 aromatic carbocycles. The highest BCUT2D eigenvalue weighted by Crippen LogP contribution is 2.13. The van der Waals surface area contributed by atoms with Crippen LogP contribution < -0.4 is 11.3 Å². The number of carbonyl (C=O) groups excluding carboxylic acids is 1. The molecule has 0 aromatic heterocycles. The van der Waals surface area contributed by atoms with E-state index in [9.17, 15) is 13.2 Å². The van der Waals surface area contributed by atoms with E-state index in [2.05, 4.69) is 5.84 Å². The van der Waals surface area contributed by atoms with Gasteiger partial charge in [-0.3, -0.25) is 14.8 Å². The first kappa shape index (κ1) is 10.3. The van der Waals surface area contributed by atoms with Crippen LogP contribution in [0.5, 0.6) is 0 Å². The zero-order valence-electron chi connectivity index (χ0n) is 6.16. The summed E-state index contributed by atoms with van der Waals surface area (Å²) in [5, 5.41) is 0. The average molecular weight is 182 g/mol. The number of nitrogens with two attached hydrogens (primary N) is 1. The van der Waals surface area contributed by atoms with E-state index in [-0.39, 0.29) is 0 Å². The normalized spacial score (nSPS) is 12.7. The van der Waals surface area contributed by atoms with E-state index < -0.39 is 20.8 Å². The fraction of sp³-hybridized carbons (Fsp3) is 0.750. The highest BCUT2D eigenvalue weighted by molar-refractivity contribution is 7.88. The summed E-state index contributed by atoms with van der Waals surface area (Å²) in [6.07, 6.45) is 0. The van der Waals surface area contributed by atoms with E-state index in [0.29, 0.717) is 0 Å². The monoisotopic (exact) mass is 182 g/mol. The van der Waals surface area contributed by atoms with Crippen LogP contribution in [-0.2, 0) is 14.9 Å². The Morgan fingerprint density at radius 3 is 2.00 bits per heavy atom. The van der Waals surface area contributed by atoms with Crippen molar-refractivity contribution < 1.29 is 17.8 Å². The van der Waals surface area contributed by atoms with Gasteiger partial charge in [-0.2, -0.15) is 8.42 Å². The fourth-order valence-electron chi connectivity index (χ4n) is 0.291. The lowest BCUT2D eigenvalue weighted by Gasteiger charge is -2.17. The van der Waals surface area contributed by atoms with Gasteiger partial charge in [-0.1, -0.05) is 0 Å². The lowest BCUT2D eigenvalue weighted by atomic mass is 10.2. The third kappa shape index (κ3) is 1.88. The molecule has 0 fully saturated rings. The molecule has 0 aromatic rings. The van der Waals surface area contributed by atoms with Gasteiger partial charge in [0.25, 0.3) is 16.0 Å². The molecule has 0 bridgehead atoms. The Bertz CT molecular complexity index is 255. The van der Waals surface area contributed by atoms with Gasteiger partial charge in [-0.25, -0.2) is 5.84 Å². The molecule has 4 N–H and O–H groups in total. The van der Waals surface area contributed by atoms with Gasteiger partial charge in [0.2, 0.25) is 0 Å². The quantitative estimate of drug-likeness (QED) is 0.211. The summed E-state index contributed by atoms with van der Waals surface area (Å²) in [6.45, 7) is 2.09. The first-order chi connectivity index (χ1) is 4.73. The minimum Gasteiger partial charge on any atom is -0.293 e. The Morgan fingerprint density at radius 1 is 1.55 bits per heavy atom. The second kappa shape index (κ2) is 2.76. The topological polar surface area (TPSA) is 109 Å². The molecule has 0 rings (SSSR count). The molecular weight excluding hydrogens is 172 g/mol. The van der Waals surface area contributed by atoms with Gasteiger partial charge in [0, 0.05) is 0 Å². The Kier molecular flexibility index (Phi) is 2.60. The lowest BCUT2D eigenvalue weighted by molar-refractivity contribution is -0.123. The van der Waals surface area contributed by atoms with E-state index in [0.717, 1.165) is 13.8 Å². The van der Waals surface area contributed by atoms with Crippen LogP contribution in [0.3, 0.4) is 0 Å². The summed E-state index contributed by atoms with van der Waals surface area (Å²) in [4.78, 5) is 10.7. The van der Waals surface area contributed by atoms with Crippen molar-refractivity contribution in [1.82, 2.24) is 5.43 Å². The Hall–Kier alpha value is -0.660. The van der Waals surface area contributed by atoms with Gasteiger partial charge in [0.05, 0.1) is 0 Å². The van der Waals surface area contributed by atoms with Crippen LogP contribution in [0.25, 0.3) is 0 Å². The van der Waals surface area contributed by atoms with Gasteiger partial charge in [-0.05, 0) is 13.8 Å². The summed E-state index contributed by atoms with van der Waals surface area (Å²) in [6, 6.07) is 0. The number of hydrogen-bond acceptors (Lipinski definition) is 4. The third-order valence-corrected chi connectivity index (χ3v) is 2.80. The molecule has 0 atom stereocenters. The van der Waals surface area contributed by atoms with Crippen molar-refractivity contribution in [1.29, 1.82) is 0 Å². The summed E-state index contributed by atoms with van der Waals surface area (Å²) < 4.78 is 27.6. The maximum Gasteiger partial charge on any atom is 0.279 e. The van der Waals surface area contributed by atoms with Crippen LogP contribution in [0.1, 0.15) is 13.8 Å². The predicted octanol–water partition coefficient (Wildman–Crippen LogP) is -1.36. The maximum atomic E-state index is 10.7. The van der Waals surface area contributed by atoms with Crippen LogP contribution in [-0.4, -0.2) is 23.6 Å². The molecule has 0 aliphatic carbocycles. The predicted molar refractivity (Wildman–Crippen MR) is 38.0 cm³/mol. The van der Waals surface area contributed by atoms with Crippen LogP contribution in [0, 0.1) is 0 Å². The van der Waals surface area contributed by atoms with Crippen LogP contribution in [0.15, 0.2) is 0 Å². The molecule has 11 heavy (non-hydrogen) atoms. The third-order valence-electron chi connectivity index (χ3n) is 1.32. The van der Waals surface area contributed by atoms with Gasteiger partial charge in [0.1, 0.15) is 0 Å². The highest BCUT2D eigenvalue weighted by atomic mass is 32.2. The van der Waals surface area contributed by atoms with Crippen LogP contribution in [0.4, 0.5) is 0 Å². The number of carbonyl (C=O) groups is 1. The highest BCUT2D eigenvalue weighted by Gasteiger charge is 2.40. The summed E-state index contributed by atoms with van der Waals surface area (Å²) in [7, 11) is -4.41. The van der Waals surface area contributed by atoms with Gasteiger partial charge in [-0.15, -0.1) is 0 Å². The summed E-state index contributed by atoms with van der Waals surface area (Å²) in [5.41, 5.74) is 1.63. The zero-order chi connectivity index (χ0) is 9.28. The van der Waals surface area contributed by atoms with E-state index >= 15 is 0 Å². The summed E-state index contributed by atoms with van der Waals surface area (Å²) >= 11 is 0. The lowest BCUT2D eigenvalue weighted by Crippen LogP contribution is -2.50. The SMILES string of the molecule is CC(C)(C(=O)NN)S(=O)(=O)O. The molecule has 7 heteroatoms. The van der Waals surface area contributed by atoms with Crippen LogP contribution in [0.2, 0.25) is 0 Å². The molecule has 66 valence electrons. The molecule has 1 amide bonds. The standard InChI is InChI=1S/C4H10N2O4S/c1-4(2,3(7)6-5)11(8,9)10/h5H2,1-2H3,(H,6,7)(H,8,9,10). The van der Waals surface area contributed by atoms with Crippen molar-refractivity contribution >= 4 is 16.0 Å². The minimum absolute atomic E-state index is 0.958. The second-order valence-corrected chi connectivity index (χ2v) is 4.43. The fourth-order valence-corrected chi connectivity index (χ4v) is 0.584. The number of rotatable bonds is 2. The number of nitrogens with one attached hydrogen (secondary N) is 1. The molecule has 0 aliphatic rings. The van der Waals surface area contributed by atoms with Crippen molar-refractivity contribution in [2.45, 2.75) is 18.6 Å². The van der Waals surface area contributed by atoms with E-state index in [1.54, 1.807) is 5.43 Å². The molecule has 0 unspecified atom stereocenters. The molecule has 6 nitrogen and oxygen atoms in total. The Morgan fingerprint density at radius 2 is 1.91 bits per heavy atom. The Balaban J connectivity index is 4.90. The van der Waals surface area contributed by atoms with Gasteiger partial charge >= 0.3 is 0 Å². The van der Waals surface area contributed by atoms with Crippen molar-refractivity contribution in [3.63, 3.8) is 0 Å². The first-order valence-electron chi connectivity index (χ1n) is 2.71. The van der Waals surface area contributed by atoms with Crippen molar-refractivity contribution in [2.24, 2.45) is 5.84 Å². The molecule has 0 saturated heterocycles. The number of hydrogen-bond donors (Lipinski definition) is 3. The minimum atomic E-state index is -4.41. The van der Waals surface area contributed by atoms with E-state index in [1.807, 2.05) is 0 Å². The summed E-state index contributed by atoms with van der Waals surface area (Å²) in [5.74, 6) is 3.72. The number of amides is 1. The largest absolute Gasteiger partial charge is 0.293 e. The van der Waals surface area contributed by atoms with Gasteiger partial charge < -0.3 is 0 Å². The average Bonchev–Trinajstić information content (AvgIpc) is 1.83. The zero-order valence-corrected chi connectivity index (χ0v) is 6.97. The number of hydrazine groups is 1. The molecule has 0 saturated carbocycles. The van der Waals surface area contributed by atoms with Crippen LogP contribution >= 0.6 is 0 Å². The van der Waals surface area contributed by atoms with Crippen molar-refractivity contribution in [3.8, 4) is 0 Å². The Labute approximate surface area is 64.5 Å². The smallest absolute Gasteiger partial charge is 0.279 e. The van der Waals surface area contributed by atoms with E-state index in [1.165, 1.54) is 0 Å². The molecule has 0 heterocycles. The first-order valence-corrected chi connectivity index (χ1v) is 4.15. The van der Waals surface area contributed by atoms with Crippen molar-refractivity contribution in [3.05, 3.63) is 0 Å². The van der Waals surface area contributed by atoms with Gasteiger partial charge in [0.15, 0.2) is 4.75 Å². The molecule has 0 spiro atoms. The van der Waals surface area contributed by atoms with Crippen molar-refractivity contribution in [2.75, 3.05) is 0 Å². The second-order valence-electron chi connectivity index (χ2n) is 2.46. The van der Waals surface area contributed by atoms with E-state index in [4.69, 9.17) is 4.55 Å².